The number of carbonyl (C=O) groups excluding carboxylic acids is 4. The highest BCUT2D eigenvalue weighted by atomic mass is 16.6. The fourth-order valence-electron chi connectivity index (χ4n) is 4.57. The number of nitrogens with zero attached hydrogens (tertiary/aromatic N) is 2. The molecule has 3 aliphatic rings. The molecule has 166 valence electrons. The zero-order valence-corrected chi connectivity index (χ0v) is 18.3. The van der Waals surface area contributed by atoms with Crippen molar-refractivity contribution in [3.63, 3.8) is 0 Å². The smallest absolute Gasteiger partial charge is 0.410 e. The summed E-state index contributed by atoms with van der Waals surface area (Å²) < 4.78 is 5.47. The second-order valence-electron chi connectivity index (χ2n) is 9.56. The lowest BCUT2D eigenvalue weighted by Gasteiger charge is -2.33. The van der Waals surface area contributed by atoms with Gasteiger partial charge in [-0.15, -0.1) is 0 Å². The lowest BCUT2D eigenvalue weighted by atomic mass is 9.88. The molecule has 0 bridgehead atoms. The third-order valence-corrected chi connectivity index (χ3v) is 6.17. The maximum absolute atomic E-state index is 12.8. The van der Waals surface area contributed by atoms with E-state index in [0.29, 0.717) is 37.5 Å². The summed E-state index contributed by atoms with van der Waals surface area (Å²) in [5, 5.41) is 2.33. The first-order valence-corrected chi connectivity index (χ1v) is 10.9. The first kappa shape index (κ1) is 21.3. The predicted octanol–water partition coefficient (Wildman–Crippen LogP) is 2.56. The van der Waals surface area contributed by atoms with E-state index in [0.717, 1.165) is 24.0 Å². The van der Waals surface area contributed by atoms with Crippen LogP contribution in [-0.2, 0) is 20.9 Å². The summed E-state index contributed by atoms with van der Waals surface area (Å²) in [5.41, 5.74) is 2.19. The van der Waals surface area contributed by atoms with E-state index in [1.807, 2.05) is 32.9 Å². The number of rotatable bonds is 2. The van der Waals surface area contributed by atoms with Gasteiger partial charge in [-0.1, -0.05) is 12.1 Å². The van der Waals surface area contributed by atoms with Gasteiger partial charge in [0.2, 0.25) is 11.8 Å². The van der Waals surface area contributed by atoms with Crippen molar-refractivity contribution in [2.24, 2.45) is 0 Å². The maximum atomic E-state index is 12.8. The standard InChI is InChI=1S/C23H29N3O5/c1-23(2,3)31-22(30)25-10-8-14(9-11-25)15-4-5-17-16(12-15)13-26(21(17)29)18-6-7-19(27)24-20(18)28/h4-5,12,14,18H,6-11,13H2,1-3H3,(H,24,27,28). The van der Waals surface area contributed by atoms with Gasteiger partial charge in [-0.2, -0.15) is 0 Å². The Bertz CT molecular complexity index is 928. The van der Waals surface area contributed by atoms with Gasteiger partial charge in [-0.3, -0.25) is 19.7 Å². The molecule has 1 N–H and O–H groups in total. The van der Waals surface area contributed by atoms with Gasteiger partial charge in [-0.25, -0.2) is 4.79 Å². The van der Waals surface area contributed by atoms with Crippen LogP contribution < -0.4 is 5.32 Å². The van der Waals surface area contributed by atoms with Crippen molar-refractivity contribution in [2.75, 3.05) is 13.1 Å². The van der Waals surface area contributed by atoms with E-state index < -0.39 is 17.6 Å². The molecule has 2 saturated heterocycles. The number of nitrogens with one attached hydrogen (secondary N) is 1. The Hall–Kier alpha value is -2.90. The predicted molar refractivity (Wildman–Crippen MR) is 112 cm³/mol. The SMILES string of the molecule is CC(C)(C)OC(=O)N1CCC(c2ccc3c(c2)CN(C2CCC(=O)NC2=O)C3=O)CC1. The topological polar surface area (TPSA) is 96.0 Å². The van der Waals surface area contributed by atoms with E-state index in [4.69, 9.17) is 4.74 Å². The molecule has 1 atom stereocenters. The molecule has 0 aromatic heterocycles. The van der Waals surface area contributed by atoms with Crippen LogP contribution in [0.4, 0.5) is 4.79 Å². The van der Waals surface area contributed by atoms with Crippen molar-refractivity contribution >= 4 is 23.8 Å². The molecule has 0 aliphatic carbocycles. The molecule has 4 amide bonds. The number of benzene rings is 1. The van der Waals surface area contributed by atoms with Crippen molar-refractivity contribution in [1.82, 2.24) is 15.1 Å². The van der Waals surface area contributed by atoms with E-state index in [1.54, 1.807) is 9.80 Å². The minimum Gasteiger partial charge on any atom is -0.444 e. The van der Waals surface area contributed by atoms with E-state index in [9.17, 15) is 19.2 Å². The van der Waals surface area contributed by atoms with Crippen LogP contribution >= 0.6 is 0 Å². The van der Waals surface area contributed by atoms with Crippen molar-refractivity contribution < 1.29 is 23.9 Å². The van der Waals surface area contributed by atoms with Crippen LogP contribution in [0.1, 0.15) is 73.9 Å². The molecule has 4 rings (SSSR count). The molecule has 8 heteroatoms. The zero-order chi connectivity index (χ0) is 22.3. The van der Waals surface area contributed by atoms with Gasteiger partial charge in [-0.05, 0) is 63.1 Å². The zero-order valence-electron chi connectivity index (χ0n) is 18.3. The number of hydrogen-bond donors (Lipinski definition) is 1. The summed E-state index contributed by atoms with van der Waals surface area (Å²) in [6.07, 6.45) is 2.01. The number of ether oxygens (including phenoxy) is 1. The molecule has 2 fully saturated rings. The van der Waals surface area contributed by atoms with Gasteiger partial charge in [0.15, 0.2) is 0 Å². The van der Waals surface area contributed by atoms with Crippen LogP contribution in [0.15, 0.2) is 18.2 Å². The van der Waals surface area contributed by atoms with E-state index >= 15 is 0 Å². The molecule has 3 aliphatic heterocycles. The van der Waals surface area contributed by atoms with Gasteiger partial charge in [0.1, 0.15) is 11.6 Å². The number of piperidine rings is 2. The second-order valence-corrected chi connectivity index (χ2v) is 9.56. The summed E-state index contributed by atoms with van der Waals surface area (Å²) in [4.78, 5) is 52.1. The molecule has 1 aromatic carbocycles. The monoisotopic (exact) mass is 427 g/mol. The first-order chi connectivity index (χ1) is 14.6. The third kappa shape index (κ3) is 4.43. The van der Waals surface area contributed by atoms with Crippen molar-refractivity contribution in [2.45, 2.75) is 70.6 Å². The molecule has 0 radical (unpaired) electrons. The Morgan fingerprint density at radius 3 is 2.45 bits per heavy atom. The normalized spacial score (nSPS) is 22.4. The average Bonchev–Trinajstić information content (AvgIpc) is 3.02. The maximum Gasteiger partial charge on any atom is 0.410 e. The lowest BCUT2D eigenvalue weighted by molar-refractivity contribution is -0.136. The number of fused-ring (bicyclic) bond motifs is 1. The molecule has 3 heterocycles. The summed E-state index contributed by atoms with van der Waals surface area (Å²) >= 11 is 0. The number of amides is 4. The quantitative estimate of drug-likeness (QED) is 0.732. The van der Waals surface area contributed by atoms with Gasteiger partial charge >= 0.3 is 6.09 Å². The lowest BCUT2D eigenvalue weighted by Crippen LogP contribution is -2.52. The number of hydrogen-bond acceptors (Lipinski definition) is 5. The van der Waals surface area contributed by atoms with Crippen LogP contribution in [0.3, 0.4) is 0 Å². The average molecular weight is 428 g/mol. The largest absolute Gasteiger partial charge is 0.444 e. The van der Waals surface area contributed by atoms with Crippen LogP contribution in [0.25, 0.3) is 0 Å². The highest BCUT2D eigenvalue weighted by Crippen LogP contribution is 2.33. The molecule has 8 nitrogen and oxygen atoms in total. The summed E-state index contributed by atoms with van der Waals surface area (Å²) in [6.45, 7) is 7.24. The van der Waals surface area contributed by atoms with Gasteiger partial charge in [0.25, 0.3) is 5.91 Å². The fourth-order valence-corrected chi connectivity index (χ4v) is 4.57. The molecule has 0 spiro atoms. The van der Waals surface area contributed by atoms with E-state index in [1.165, 1.54) is 0 Å². The fraction of sp³-hybridized carbons (Fsp3) is 0.565. The number of imide groups is 1. The Kier molecular flexibility index (Phi) is 5.49. The molecule has 0 saturated carbocycles. The summed E-state index contributed by atoms with van der Waals surface area (Å²) in [7, 11) is 0. The summed E-state index contributed by atoms with van der Waals surface area (Å²) in [5.74, 6) is -0.530. The Morgan fingerprint density at radius 2 is 1.81 bits per heavy atom. The molecule has 1 unspecified atom stereocenters. The van der Waals surface area contributed by atoms with Crippen molar-refractivity contribution in [3.05, 3.63) is 34.9 Å². The first-order valence-electron chi connectivity index (χ1n) is 10.9. The Labute approximate surface area is 181 Å². The molecular weight excluding hydrogens is 398 g/mol. The number of carbonyl (C=O) groups is 4. The minimum atomic E-state index is -0.599. The Morgan fingerprint density at radius 1 is 1.10 bits per heavy atom. The van der Waals surface area contributed by atoms with Gasteiger partial charge in [0, 0.05) is 31.6 Å². The van der Waals surface area contributed by atoms with Gasteiger partial charge in [0.05, 0.1) is 0 Å². The van der Waals surface area contributed by atoms with Crippen LogP contribution in [0, 0.1) is 0 Å². The van der Waals surface area contributed by atoms with Crippen molar-refractivity contribution in [3.8, 4) is 0 Å². The van der Waals surface area contributed by atoms with Crippen molar-refractivity contribution in [1.29, 1.82) is 0 Å². The summed E-state index contributed by atoms with van der Waals surface area (Å²) in [6, 6.07) is 5.29. The van der Waals surface area contributed by atoms with E-state index in [2.05, 4.69) is 11.4 Å². The highest BCUT2D eigenvalue weighted by molar-refractivity contribution is 6.05. The van der Waals surface area contributed by atoms with Crippen LogP contribution in [0.2, 0.25) is 0 Å². The third-order valence-electron chi connectivity index (χ3n) is 6.17. The van der Waals surface area contributed by atoms with Crippen LogP contribution in [-0.4, -0.2) is 58.3 Å². The Balaban J connectivity index is 1.41. The van der Waals surface area contributed by atoms with E-state index in [-0.39, 0.29) is 24.3 Å². The van der Waals surface area contributed by atoms with Gasteiger partial charge < -0.3 is 14.5 Å². The molecule has 31 heavy (non-hydrogen) atoms. The number of likely N-dealkylation sites (tertiary alicyclic amines) is 1. The molecule has 1 aromatic rings. The highest BCUT2D eigenvalue weighted by Gasteiger charge is 2.39. The minimum absolute atomic E-state index is 0.157. The molecular formula is C23H29N3O5. The second kappa shape index (κ2) is 7.98. The van der Waals surface area contributed by atoms with Crippen LogP contribution in [0.5, 0.6) is 0 Å².